The van der Waals surface area contributed by atoms with Gasteiger partial charge in [-0.1, -0.05) is 16.4 Å². The number of hydrogen-bond donors (Lipinski definition) is 0. The first kappa shape index (κ1) is 12.6. The Balaban J connectivity index is 1.60. The second kappa shape index (κ2) is 4.52. The van der Waals surface area contributed by atoms with E-state index in [-0.39, 0.29) is 0 Å². The highest BCUT2D eigenvalue weighted by Crippen LogP contribution is 2.43. The predicted octanol–water partition coefficient (Wildman–Crippen LogP) is 3.23. The zero-order valence-corrected chi connectivity index (χ0v) is 12.4. The third-order valence-electron chi connectivity index (χ3n) is 4.10. The number of nitrogens with zero attached hydrogens (tertiary/aromatic N) is 5. The number of pyridine rings is 1. The number of fused-ring (bicyclic) bond motifs is 1. The van der Waals surface area contributed by atoms with Crippen LogP contribution in [0.2, 0.25) is 0 Å². The molecule has 1 fully saturated rings. The summed E-state index contributed by atoms with van der Waals surface area (Å²) in [7, 11) is 0. The molecule has 0 aromatic carbocycles. The van der Waals surface area contributed by atoms with Crippen molar-refractivity contribution in [2.45, 2.75) is 25.7 Å². The summed E-state index contributed by atoms with van der Waals surface area (Å²) in [5, 5.41) is 8.17. The fourth-order valence-electron chi connectivity index (χ4n) is 2.75. The van der Waals surface area contributed by atoms with Gasteiger partial charge in [-0.2, -0.15) is 4.98 Å². The molecule has 0 spiro atoms. The summed E-state index contributed by atoms with van der Waals surface area (Å²) >= 11 is 0. The summed E-state index contributed by atoms with van der Waals surface area (Å²) in [6, 6.07) is 3.98. The van der Waals surface area contributed by atoms with Gasteiger partial charge in [-0.25, -0.2) is 4.98 Å². The summed E-state index contributed by atoms with van der Waals surface area (Å²) in [4.78, 5) is 8.88. The molecule has 1 aliphatic carbocycles. The van der Waals surface area contributed by atoms with E-state index in [4.69, 9.17) is 9.05 Å². The molecule has 7 nitrogen and oxygen atoms in total. The minimum Gasteiger partial charge on any atom is -0.364 e. The smallest absolute Gasteiger partial charge is 0.263 e. The van der Waals surface area contributed by atoms with Crippen molar-refractivity contribution in [2.75, 3.05) is 0 Å². The van der Waals surface area contributed by atoms with Crippen LogP contribution in [0.3, 0.4) is 0 Å². The van der Waals surface area contributed by atoms with Crippen molar-refractivity contribution in [2.24, 2.45) is 0 Å². The molecule has 0 unspecified atom stereocenters. The highest BCUT2D eigenvalue weighted by Gasteiger charge is 2.31. The summed E-state index contributed by atoms with van der Waals surface area (Å²) in [5.41, 5.74) is 4.48. The minimum absolute atomic E-state index is 0.436. The molecule has 0 bridgehead atoms. The molecule has 23 heavy (non-hydrogen) atoms. The van der Waals surface area contributed by atoms with Crippen molar-refractivity contribution in [1.29, 1.82) is 0 Å². The van der Waals surface area contributed by atoms with Gasteiger partial charge in [0.25, 0.3) is 5.89 Å². The van der Waals surface area contributed by atoms with Crippen LogP contribution in [-0.4, -0.2) is 24.7 Å². The van der Waals surface area contributed by atoms with Crippen LogP contribution in [-0.2, 0) is 0 Å². The fraction of sp³-hybridized carbons (Fsp3) is 0.250. The third kappa shape index (κ3) is 1.97. The maximum Gasteiger partial charge on any atom is 0.263 e. The zero-order chi connectivity index (χ0) is 15.4. The second-order valence-corrected chi connectivity index (χ2v) is 5.89. The topological polar surface area (TPSA) is 82.2 Å². The first-order chi connectivity index (χ1) is 11.3. The largest absolute Gasteiger partial charge is 0.364 e. The van der Waals surface area contributed by atoms with Gasteiger partial charge in [-0.05, 0) is 31.4 Å². The molecule has 114 valence electrons. The van der Waals surface area contributed by atoms with E-state index >= 15 is 0 Å². The average molecular weight is 307 g/mol. The molecule has 7 heteroatoms. The van der Waals surface area contributed by atoms with Gasteiger partial charge in [0.15, 0.2) is 0 Å². The number of aryl methyl sites for hydroxylation is 1. The first-order valence-corrected chi connectivity index (χ1v) is 7.52. The van der Waals surface area contributed by atoms with Crippen LogP contribution in [0, 0.1) is 6.92 Å². The first-order valence-electron chi connectivity index (χ1n) is 7.52. The van der Waals surface area contributed by atoms with Crippen LogP contribution in [0.15, 0.2) is 39.8 Å². The minimum atomic E-state index is 0.436. The molecule has 4 aromatic heterocycles. The molecular weight excluding hydrogens is 294 g/mol. The highest BCUT2D eigenvalue weighted by atomic mass is 16.5. The Hall–Kier alpha value is -2.96. The molecule has 0 N–H and O–H groups in total. The van der Waals surface area contributed by atoms with Gasteiger partial charge in [-0.15, -0.1) is 0 Å². The molecule has 1 saturated carbocycles. The lowest BCUT2D eigenvalue weighted by Crippen LogP contribution is -1.91. The summed E-state index contributed by atoms with van der Waals surface area (Å²) in [6.45, 7) is 2.03. The van der Waals surface area contributed by atoms with E-state index in [9.17, 15) is 0 Å². The number of hydrogen-bond acceptors (Lipinski definition) is 6. The van der Waals surface area contributed by atoms with Crippen LogP contribution < -0.4 is 0 Å². The van der Waals surface area contributed by atoms with Crippen LogP contribution in [0.25, 0.3) is 28.6 Å². The van der Waals surface area contributed by atoms with E-state index in [0.29, 0.717) is 17.6 Å². The van der Waals surface area contributed by atoms with Gasteiger partial charge in [0, 0.05) is 12.1 Å². The highest BCUT2D eigenvalue weighted by molar-refractivity contribution is 5.62. The van der Waals surface area contributed by atoms with Crippen molar-refractivity contribution in [3.8, 4) is 23.0 Å². The summed E-state index contributed by atoms with van der Waals surface area (Å²) in [6.07, 6.45) is 7.59. The molecule has 0 aliphatic heterocycles. The van der Waals surface area contributed by atoms with Crippen molar-refractivity contribution in [3.63, 3.8) is 0 Å². The van der Waals surface area contributed by atoms with E-state index in [0.717, 1.165) is 41.0 Å². The molecule has 0 saturated heterocycles. The normalized spacial score (nSPS) is 14.7. The Morgan fingerprint density at radius 1 is 1.22 bits per heavy atom. The van der Waals surface area contributed by atoms with Crippen LogP contribution in [0.5, 0.6) is 0 Å². The van der Waals surface area contributed by atoms with E-state index < -0.39 is 0 Å². The molecule has 0 amide bonds. The van der Waals surface area contributed by atoms with Crippen molar-refractivity contribution in [1.82, 2.24) is 24.7 Å². The predicted molar refractivity (Wildman–Crippen MR) is 80.7 cm³/mol. The average Bonchev–Trinajstić information content (AvgIpc) is 2.99. The van der Waals surface area contributed by atoms with Gasteiger partial charge >= 0.3 is 0 Å². The monoisotopic (exact) mass is 307 g/mol. The number of rotatable bonds is 3. The zero-order valence-electron chi connectivity index (χ0n) is 12.4. The number of aromatic nitrogens is 5. The Morgan fingerprint density at radius 2 is 2.13 bits per heavy atom. The maximum atomic E-state index is 5.43. The maximum absolute atomic E-state index is 5.43. The van der Waals surface area contributed by atoms with Gasteiger partial charge in [0.2, 0.25) is 5.82 Å². The van der Waals surface area contributed by atoms with E-state index in [1.807, 2.05) is 29.7 Å². The van der Waals surface area contributed by atoms with Crippen molar-refractivity contribution < 1.29 is 9.05 Å². The Kier molecular flexibility index (Phi) is 2.47. The lowest BCUT2D eigenvalue weighted by Gasteiger charge is -1.98. The van der Waals surface area contributed by atoms with Gasteiger partial charge in [0.1, 0.15) is 23.2 Å². The molecule has 4 heterocycles. The van der Waals surface area contributed by atoms with Gasteiger partial charge < -0.3 is 9.05 Å². The van der Waals surface area contributed by atoms with Gasteiger partial charge in [0.05, 0.1) is 11.9 Å². The van der Waals surface area contributed by atoms with E-state index in [1.165, 1.54) is 0 Å². The molecule has 0 radical (unpaired) electrons. The Bertz CT molecular complexity index is 1010. The molecule has 5 rings (SSSR count). The molecular formula is C16H13N5O2. The van der Waals surface area contributed by atoms with Crippen molar-refractivity contribution in [3.05, 3.63) is 42.0 Å². The lowest BCUT2D eigenvalue weighted by atomic mass is 10.2. The second-order valence-electron chi connectivity index (χ2n) is 5.89. The van der Waals surface area contributed by atoms with Crippen LogP contribution in [0.1, 0.15) is 30.0 Å². The van der Waals surface area contributed by atoms with Crippen LogP contribution in [0.4, 0.5) is 0 Å². The molecule has 4 aromatic rings. The molecule has 0 atom stereocenters. The Morgan fingerprint density at radius 3 is 3.00 bits per heavy atom. The van der Waals surface area contributed by atoms with E-state index in [2.05, 4.69) is 20.3 Å². The fourth-order valence-corrected chi connectivity index (χ4v) is 2.75. The quantitative estimate of drug-likeness (QED) is 0.578. The SMILES string of the molecule is Cc1ccc2ncc(-c3noc(-c4conc4C4CC4)n3)n2c1. The summed E-state index contributed by atoms with van der Waals surface area (Å²) < 4.78 is 12.5. The standard InChI is InChI=1S/C16H13N5O2/c1-9-2-5-13-17-6-12(21(13)7-9)15-18-16(23-20-15)11-8-22-19-14(11)10-3-4-10/h2,5-8,10H,3-4H2,1H3. The molecule has 1 aliphatic rings. The van der Waals surface area contributed by atoms with Crippen molar-refractivity contribution >= 4 is 5.65 Å². The summed E-state index contributed by atoms with van der Waals surface area (Å²) in [5.74, 6) is 1.39. The van der Waals surface area contributed by atoms with E-state index in [1.54, 1.807) is 12.5 Å². The number of imidazole rings is 1. The van der Waals surface area contributed by atoms with Gasteiger partial charge in [-0.3, -0.25) is 4.40 Å². The third-order valence-corrected chi connectivity index (χ3v) is 4.10. The Labute approximate surface area is 130 Å². The lowest BCUT2D eigenvalue weighted by molar-refractivity contribution is 0.410. The van der Waals surface area contributed by atoms with Crippen LogP contribution >= 0.6 is 0 Å².